The minimum atomic E-state index is 0.161. The SMILES string of the molecule is CCOC1CC(NCCOc2cccc(C)c2)C1OC. The summed E-state index contributed by atoms with van der Waals surface area (Å²) in [6, 6.07) is 8.48. The maximum absolute atomic E-state index is 5.71. The zero-order valence-electron chi connectivity index (χ0n) is 12.6. The number of hydrogen-bond acceptors (Lipinski definition) is 4. The van der Waals surface area contributed by atoms with Gasteiger partial charge in [-0.1, -0.05) is 12.1 Å². The molecule has 0 amide bonds. The van der Waals surface area contributed by atoms with Crippen molar-refractivity contribution in [2.45, 2.75) is 38.5 Å². The standard InChI is InChI=1S/C16H25NO3/c1-4-19-15-11-14(16(15)18-3)17-8-9-20-13-7-5-6-12(2)10-13/h5-7,10,14-17H,4,8-9,11H2,1-3H3. The van der Waals surface area contributed by atoms with Crippen molar-refractivity contribution in [3.05, 3.63) is 29.8 Å². The summed E-state index contributed by atoms with van der Waals surface area (Å²) in [5.41, 5.74) is 1.22. The van der Waals surface area contributed by atoms with Gasteiger partial charge >= 0.3 is 0 Å². The first kappa shape index (κ1) is 15.3. The van der Waals surface area contributed by atoms with Gasteiger partial charge in [0, 0.05) is 26.3 Å². The van der Waals surface area contributed by atoms with E-state index in [-0.39, 0.29) is 12.2 Å². The molecule has 1 N–H and O–H groups in total. The van der Waals surface area contributed by atoms with Crippen LogP contribution in [0, 0.1) is 6.92 Å². The van der Waals surface area contributed by atoms with E-state index in [4.69, 9.17) is 14.2 Å². The quantitative estimate of drug-likeness (QED) is 0.740. The molecule has 1 aliphatic carbocycles. The molecule has 0 radical (unpaired) electrons. The van der Waals surface area contributed by atoms with E-state index in [1.54, 1.807) is 7.11 Å². The summed E-state index contributed by atoms with van der Waals surface area (Å²) in [5.74, 6) is 0.927. The highest BCUT2D eigenvalue weighted by Crippen LogP contribution is 2.26. The smallest absolute Gasteiger partial charge is 0.119 e. The van der Waals surface area contributed by atoms with Crippen molar-refractivity contribution in [3.63, 3.8) is 0 Å². The predicted octanol–water partition coefficient (Wildman–Crippen LogP) is 2.16. The second-order valence-electron chi connectivity index (χ2n) is 5.16. The van der Waals surface area contributed by atoms with E-state index < -0.39 is 0 Å². The predicted molar refractivity (Wildman–Crippen MR) is 79.3 cm³/mol. The van der Waals surface area contributed by atoms with Crippen LogP contribution in [0.2, 0.25) is 0 Å². The average Bonchev–Trinajstić information content (AvgIpc) is 2.41. The lowest BCUT2D eigenvalue weighted by Crippen LogP contribution is -2.60. The van der Waals surface area contributed by atoms with Crippen molar-refractivity contribution in [3.8, 4) is 5.75 Å². The minimum absolute atomic E-state index is 0.161. The van der Waals surface area contributed by atoms with Gasteiger partial charge in [-0.3, -0.25) is 0 Å². The van der Waals surface area contributed by atoms with Gasteiger partial charge in [0.1, 0.15) is 12.4 Å². The lowest BCUT2D eigenvalue weighted by atomic mass is 9.85. The van der Waals surface area contributed by atoms with Gasteiger partial charge in [0.05, 0.1) is 12.2 Å². The molecule has 0 heterocycles. The molecule has 112 valence electrons. The Morgan fingerprint density at radius 1 is 1.35 bits per heavy atom. The number of rotatable bonds is 8. The molecule has 20 heavy (non-hydrogen) atoms. The molecule has 3 atom stereocenters. The molecule has 4 nitrogen and oxygen atoms in total. The van der Waals surface area contributed by atoms with Crippen LogP contribution in [0.5, 0.6) is 5.75 Å². The summed E-state index contributed by atoms with van der Waals surface area (Å²) in [4.78, 5) is 0. The van der Waals surface area contributed by atoms with Gasteiger partial charge in [-0.25, -0.2) is 0 Å². The molecule has 0 aromatic heterocycles. The van der Waals surface area contributed by atoms with Gasteiger partial charge in [-0.15, -0.1) is 0 Å². The van der Waals surface area contributed by atoms with Crippen molar-refractivity contribution < 1.29 is 14.2 Å². The Balaban J connectivity index is 1.64. The lowest BCUT2D eigenvalue weighted by Gasteiger charge is -2.43. The average molecular weight is 279 g/mol. The third kappa shape index (κ3) is 3.95. The van der Waals surface area contributed by atoms with Crippen LogP contribution in [-0.4, -0.2) is 45.1 Å². The lowest BCUT2D eigenvalue weighted by molar-refractivity contribution is -0.131. The molecular weight excluding hydrogens is 254 g/mol. The summed E-state index contributed by atoms with van der Waals surface area (Å²) >= 11 is 0. The Kier molecular flexibility index (Phi) is 5.83. The van der Waals surface area contributed by atoms with Gasteiger partial charge in [0.25, 0.3) is 0 Å². The Labute approximate surface area is 121 Å². The summed E-state index contributed by atoms with van der Waals surface area (Å²) in [6.07, 6.45) is 1.41. The highest BCUT2D eigenvalue weighted by Gasteiger charge is 2.41. The number of hydrogen-bond donors (Lipinski definition) is 1. The molecular formula is C16H25NO3. The normalized spacial score (nSPS) is 25.2. The number of ether oxygens (including phenoxy) is 3. The van der Waals surface area contributed by atoms with E-state index in [1.165, 1.54) is 5.56 Å². The highest BCUT2D eigenvalue weighted by molar-refractivity contribution is 5.27. The van der Waals surface area contributed by atoms with Crippen LogP contribution in [0.15, 0.2) is 24.3 Å². The molecule has 1 aromatic rings. The Bertz CT molecular complexity index is 410. The Morgan fingerprint density at radius 2 is 2.20 bits per heavy atom. The Hall–Kier alpha value is -1.10. The first-order chi connectivity index (χ1) is 9.74. The third-order valence-electron chi connectivity index (χ3n) is 3.67. The maximum Gasteiger partial charge on any atom is 0.119 e. The van der Waals surface area contributed by atoms with E-state index in [0.29, 0.717) is 12.6 Å². The zero-order chi connectivity index (χ0) is 14.4. The van der Waals surface area contributed by atoms with Gasteiger partial charge in [-0.05, 0) is 38.0 Å². The molecule has 2 rings (SSSR count). The van der Waals surface area contributed by atoms with Crippen molar-refractivity contribution in [2.75, 3.05) is 26.9 Å². The summed E-state index contributed by atoms with van der Waals surface area (Å²) in [7, 11) is 1.74. The Morgan fingerprint density at radius 3 is 2.90 bits per heavy atom. The van der Waals surface area contributed by atoms with E-state index in [1.807, 2.05) is 25.1 Å². The molecule has 1 saturated carbocycles. The van der Waals surface area contributed by atoms with Crippen molar-refractivity contribution in [1.82, 2.24) is 5.32 Å². The second kappa shape index (κ2) is 7.62. The van der Waals surface area contributed by atoms with Crippen molar-refractivity contribution in [2.24, 2.45) is 0 Å². The number of aryl methyl sites for hydroxylation is 1. The number of methoxy groups -OCH3 is 1. The molecule has 0 saturated heterocycles. The summed E-state index contributed by atoms with van der Waals surface area (Å²) < 4.78 is 16.8. The van der Waals surface area contributed by atoms with Gasteiger partial charge in [0.15, 0.2) is 0 Å². The van der Waals surface area contributed by atoms with Crippen LogP contribution in [0.1, 0.15) is 18.9 Å². The van der Waals surface area contributed by atoms with E-state index in [2.05, 4.69) is 18.3 Å². The molecule has 0 bridgehead atoms. The van der Waals surface area contributed by atoms with Crippen molar-refractivity contribution in [1.29, 1.82) is 0 Å². The highest BCUT2D eigenvalue weighted by atomic mass is 16.5. The fourth-order valence-electron chi connectivity index (χ4n) is 2.59. The molecule has 3 unspecified atom stereocenters. The zero-order valence-corrected chi connectivity index (χ0v) is 12.6. The van der Waals surface area contributed by atoms with Gasteiger partial charge in [-0.2, -0.15) is 0 Å². The molecule has 4 heteroatoms. The first-order valence-electron chi connectivity index (χ1n) is 7.31. The van der Waals surface area contributed by atoms with Crippen LogP contribution in [0.25, 0.3) is 0 Å². The summed E-state index contributed by atoms with van der Waals surface area (Å²) in [6.45, 7) is 6.31. The largest absolute Gasteiger partial charge is 0.492 e. The fraction of sp³-hybridized carbons (Fsp3) is 0.625. The summed E-state index contributed by atoms with van der Waals surface area (Å²) in [5, 5.41) is 3.46. The topological polar surface area (TPSA) is 39.7 Å². The molecule has 1 aliphatic rings. The number of benzene rings is 1. The minimum Gasteiger partial charge on any atom is -0.492 e. The second-order valence-corrected chi connectivity index (χ2v) is 5.16. The molecule has 1 aromatic carbocycles. The fourth-order valence-corrected chi connectivity index (χ4v) is 2.59. The molecule has 0 spiro atoms. The molecule has 0 aliphatic heterocycles. The monoisotopic (exact) mass is 279 g/mol. The van der Waals surface area contributed by atoms with E-state index >= 15 is 0 Å². The number of nitrogens with one attached hydrogen (secondary N) is 1. The van der Waals surface area contributed by atoms with E-state index in [0.717, 1.165) is 25.3 Å². The van der Waals surface area contributed by atoms with Gasteiger partial charge in [0.2, 0.25) is 0 Å². The van der Waals surface area contributed by atoms with Crippen LogP contribution < -0.4 is 10.1 Å². The maximum atomic E-state index is 5.71. The first-order valence-corrected chi connectivity index (χ1v) is 7.31. The van der Waals surface area contributed by atoms with Crippen LogP contribution in [-0.2, 0) is 9.47 Å². The van der Waals surface area contributed by atoms with Crippen molar-refractivity contribution >= 4 is 0 Å². The van der Waals surface area contributed by atoms with E-state index in [9.17, 15) is 0 Å². The van der Waals surface area contributed by atoms with Crippen LogP contribution >= 0.6 is 0 Å². The molecule has 1 fully saturated rings. The van der Waals surface area contributed by atoms with Crippen LogP contribution in [0.4, 0.5) is 0 Å². The third-order valence-corrected chi connectivity index (χ3v) is 3.67. The van der Waals surface area contributed by atoms with Crippen LogP contribution in [0.3, 0.4) is 0 Å². The van der Waals surface area contributed by atoms with Gasteiger partial charge < -0.3 is 19.5 Å².